The van der Waals surface area contributed by atoms with Crippen molar-refractivity contribution < 1.29 is 19.9 Å². The summed E-state index contributed by atoms with van der Waals surface area (Å²) in [5, 5.41) is 28.7. The fraction of sp³-hybridized carbons (Fsp3) is 0.222. The smallest absolute Gasteiger partial charge is 0.347 e. The van der Waals surface area contributed by atoms with Crippen LogP contribution >= 0.6 is 0 Å². The maximum absolute atomic E-state index is 10.8. The molecule has 0 aliphatic carbocycles. The number of carboxylic acid groups (broad SMARTS) is 1. The molecule has 0 spiro atoms. The van der Waals surface area contributed by atoms with Gasteiger partial charge in [-0.05, 0) is 0 Å². The number of nitro groups is 1. The third-order valence-corrected chi connectivity index (χ3v) is 1.96. The number of hydrogen-bond donors (Lipinski definition) is 2. The summed E-state index contributed by atoms with van der Waals surface area (Å²) in [5.41, 5.74) is -2.47. The quantitative estimate of drug-likeness (QED) is 0.548. The minimum atomic E-state index is -2.47. The summed E-state index contributed by atoms with van der Waals surface area (Å²) >= 11 is 0. The molecule has 0 amide bonds. The molecule has 1 aromatic carbocycles. The van der Waals surface area contributed by atoms with Crippen LogP contribution in [0.1, 0.15) is 5.56 Å². The molecular weight excluding hydrogens is 202 g/mol. The average Bonchev–Trinajstić information content (AvgIpc) is 2.17. The van der Waals surface area contributed by atoms with Gasteiger partial charge in [0.05, 0.1) is 0 Å². The van der Waals surface area contributed by atoms with Crippen molar-refractivity contribution in [2.24, 2.45) is 0 Å². The van der Waals surface area contributed by atoms with Gasteiger partial charge in [0.2, 0.25) is 6.54 Å². The van der Waals surface area contributed by atoms with E-state index in [-0.39, 0.29) is 5.56 Å². The second-order valence-electron chi connectivity index (χ2n) is 3.02. The highest BCUT2D eigenvalue weighted by Gasteiger charge is 2.43. The molecular formula is C9H9NO5. The first kappa shape index (κ1) is 11.1. The maximum atomic E-state index is 10.8. The molecule has 1 atom stereocenters. The Morgan fingerprint density at radius 1 is 1.40 bits per heavy atom. The molecule has 0 saturated heterocycles. The third kappa shape index (κ3) is 2.29. The molecule has 6 nitrogen and oxygen atoms in total. The highest BCUT2D eigenvalue weighted by atomic mass is 16.6. The zero-order chi connectivity index (χ0) is 11.5. The summed E-state index contributed by atoms with van der Waals surface area (Å²) in [7, 11) is 0. The Bertz CT molecular complexity index is 377. The molecule has 15 heavy (non-hydrogen) atoms. The van der Waals surface area contributed by atoms with E-state index in [0.29, 0.717) is 0 Å². The van der Waals surface area contributed by atoms with E-state index >= 15 is 0 Å². The van der Waals surface area contributed by atoms with Gasteiger partial charge in [0.1, 0.15) is 0 Å². The van der Waals surface area contributed by atoms with Gasteiger partial charge in [0.25, 0.3) is 5.60 Å². The molecule has 0 saturated carbocycles. The van der Waals surface area contributed by atoms with E-state index in [1.54, 1.807) is 6.07 Å². The highest BCUT2D eigenvalue weighted by Crippen LogP contribution is 2.21. The summed E-state index contributed by atoms with van der Waals surface area (Å²) < 4.78 is 0. The van der Waals surface area contributed by atoms with E-state index in [4.69, 9.17) is 5.11 Å². The number of carboxylic acids is 1. The molecule has 1 rings (SSSR count). The Hall–Kier alpha value is -1.95. The number of hydrogen-bond acceptors (Lipinski definition) is 4. The molecule has 80 valence electrons. The van der Waals surface area contributed by atoms with Gasteiger partial charge in [-0.3, -0.25) is 10.1 Å². The second-order valence-corrected chi connectivity index (χ2v) is 3.02. The van der Waals surface area contributed by atoms with E-state index in [1.165, 1.54) is 24.3 Å². The van der Waals surface area contributed by atoms with E-state index < -0.39 is 23.0 Å². The van der Waals surface area contributed by atoms with Crippen molar-refractivity contribution in [2.75, 3.05) is 6.54 Å². The first-order chi connectivity index (χ1) is 6.97. The van der Waals surface area contributed by atoms with Crippen molar-refractivity contribution in [3.63, 3.8) is 0 Å². The molecule has 0 aliphatic rings. The van der Waals surface area contributed by atoms with Crippen LogP contribution in [0.4, 0.5) is 0 Å². The second kappa shape index (κ2) is 4.05. The third-order valence-electron chi connectivity index (χ3n) is 1.96. The van der Waals surface area contributed by atoms with Gasteiger partial charge in [-0.15, -0.1) is 0 Å². The topological polar surface area (TPSA) is 101 Å². The maximum Gasteiger partial charge on any atom is 0.347 e. The monoisotopic (exact) mass is 211 g/mol. The van der Waals surface area contributed by atoms with E-state index in [0.717, 1.165) is 0 Å². The minimum Gasteiger partial charge on any atom is -0.479 e. The van der Waals surface area contributed by atoms with Crippen LogP contribution in [0.3, 0.4) is 0 Å². The molecule has 0 aromatic heterocycles. The Morgan fingerprint density at radius 2 is 1.93 bits per heavy atom. The lowest BCUT2D eigenvalue weighted by Crippen LogP contribution is -2.42. The summed E-state index contributed by atoms with van der Waals surface area (Å²) in [6.45, 7) is -1.06. The van der Waals surface area contributed by atoms with Gasteiger partial charge < -0.3 is 10.2 Å². The Balaban J connectivity index is 3.13. The zero-order valence-electron chi connectivity index (χ0n) is 7.66. The molecule has 1 unspecified atom stereocenters. The molecule has 0 bridgehead atoms. The first-order valence-electron chi connectivity index (χ1n) is 4.10. The molecule has 6 heteroatoms. The van der Waals surface area contributed by atoms with Crippen LogP contribution in [0.15, 0.2) is 30.3 Å². The van der Waals surface area contributed by atoms with Crippen LogP contribution in [0, 0.1) is 10.1 Å². The fourth-order valence-corrected chi connectivity index (χ4v) is 1.18. The van der Waals surface area contributed by atoms with Crippen LogP contribution in [-0.4, -0.2) is 27.7 Å². The molecule has 0 fully saturated rings. The van der Waals surface area contributed by atoms with Crippen molar-refractivity contribution in [1.29, 1.82) is 0 Å². The molecule has 0 radical (unpaired) electrons. The van der Waals surface area contributed by atoms with Crippen LogP contribution in [0.5, 0.6) is 0 Å². The van der Waals surface area contributed by atoms with Crippen molar-refractivity contribution in [3.8, 4) is 0 Å². The summed E-state index contributed by atoms with van der Waals surface area (Å²) in [5.74, 6) is -1.63. The van der Waals surface area contributed by atoms with Gasteiger partial charge >= 0.3 is 5.97 Å². The van der Waals surface area contributed by atoms with Crippen LogP contribution in [0.2, 0.25) is 0 Å². The van der Waals surface area contributed by atoms with Crippen molar-refractivity contribution in [2.45, 2.75) is 5.60 Å². The van der Waals surface area contributed by atoms with Crippen molar-refractivity contribution in [1.82, 2.24) is 0 Å². The fourth-order valence-electron chi connectivity index (χ4n) is 1.18. The summed E-state index contributed by atoms with van der Waals surface area (Å²) in [6.07, 6.45) is 0. The van der Waals surface area contributed by atoms with Crippen LogP contribution in [0.25, 0.3) is 0 Å². The molecule has 2 N–H and O–H groups in total. The SMILES string of the molecule is O=C(O)C(O)(C[N+](=O)[O-])c1ccccc1. The van der Waals surface area contributed by atoms with Gasteiger partial charge in [0.15, 0.2) is 0 Å². The average molecular weight is 211 g/mol. The number of aliphatic carboxylic acids is 1. The Labute approximate surface area is 84.9 Å². The number of aliphatic hydroxyl groups is 1. The van der Waals surface area contributed by atoms with Gasteiger partial charge in [0, 0.05) is 10.5 Å². The predicted molar refractivity (Wildman–Crippen MR) is 49.8 cm³/mol. The standard InChI is InChI=1S/C9H9NO5/c11-8(12)9(13,6-10(14)15)7-4-2-1-3-5-7/h1-5,13H,6H2,(H,11,12). The lowest BCUT2D eigenvalue weighted by atomic mass is 9.94. The predicted octanol–water partition coefficient (Wildman–Crippen LogP) is 0.236. The molecule has 0 aliphatic heterocycles. The van der Waals surface area contributed by atoms with Crippen LogP contribution < -0.4 is 0 Å². The van der Waals surface area contributed by atoms with Gasteiger partial charge in [-0.1, -0.05) is 30.3 Å². The molecule has 1 aromatic rings. The van der Waals surface area contributed by atoms with Crippen molar-refractivity contribution in [3.05, 3.63) is 46.0 Å². The van der Waals surface area contributed by atoms with Crippen LogP contribution in [-0.2, 0) is 10.4 Å². The Morgan fingerprint density at radius 3 is 2.33 bits per heavy atom. The largest absolute Gasteiger partial charge is 0.479 e. The van der Waals surface area contributed by atoms with Gasteiger partial charge in [-0.2, -0.15) is 0 Å². The van der Waals surface area contributed by atoms with E-state index in [1.807, 2.05) is 0 Å². The lowest BCUT2D eigenvalue weighted by Gasteiger charge is -2.18. The number of nitrogens with zero attached hydrogens (tertiary/aromatic N) is 1. The first-order valence-corrected chi connectivity index (χ1v) is 4.10. The number of carbonyl (C=O) groups is 1. The number of benzene rings is 1. The Kier molecular flexibility index (Phi) is 3.01. The summed E-state index contributed by atoms with van der Waals surface area (Å²) in [6, 6.07) is 7.29. The van der Waals surface area contributed by atoms with Crippen molar-refractivity contribution >= 4 is 5.97 Å². The lowest BCUT2D eigenvalue weighted by molar-refractivity contribution is -0.499. The normalized spacial score (nSPS) is 14.2. The highest BCUT2D eigenvalue weighted by molar-refractivity contribution is 5.79. The number of rotatable bonds is 4. The zero-order valence-corrected chi connectivity index (χ0v) is 7.66. The molecule has 0 heterocycles. The van der Waals surface area contributed by atoms with E-state index in [9.17, 15) is 20.0 Å². The minimum absolute atomic E-state index is 0.00537. The van der Waals surface area contributed by atoms with Gasteiger partial charge in [-0.25, -0.2) is 4.79 Å². The van der Waals surface area contributed by atoms with E-state index in [2.05, 4.69) is 0 Å². The summed E-state index contributed by atoms with van der Waals surface area (Å²) in [4.78, 5) is 20.2.